The third-order valence-electron chi connectivity index (χ3n) is 12.1. The zero-order valence-corrected chi connectivity index (χ0v) is 31.9. The summed E-state index contributed by atoms with van der Waals surface area (Å²) in [4.78, 5) is 2.42. The molecule has 1 aliphatic heterocycles. The third kappa shape index (κ3) is 5.40. The molecule has 0 fully saturated rings. The van der Waals surface area contributed by atoms with Gasteiger partial charge in [-0.1, -0.05) is 159 Å². The first-order chi connectivity index (χ1) is 28.0. The largest absolute Gasteiger partial charge is 0.456 e. The first-order valence-electron chi connectivity index (χ1n) is 19.8. The van der Waals surface area contributed by atoms with Crippen molar-refractivity contribution in [2.45, 2.75) is 19.3 Å². The highest BCUT2D eigenvalue weighted by Gasteiger charge is 2.36. The summed E-state index contributed by atoms with van der Waals surface area (Å²) >= 11 is 0. The molecule has 0 radical (unpaired) electrons. The van der Waals surface area contributed by atoms with Crippen molar-refractivity contribution in [3.8, 4) is 67.1 Å². The van der Waals surface area contributed by atoms with Gasteiger partial charge < -0.3 is 9.64 Å². The van der Waals surface area contributed by atoms with E-state index >= 15 is 0 Å². The van der Waals surface area contributed by atoms with Gasteiger partial charge in [-0.2, -0.15) is 0 Å². The molecule has 9 aromatic carbocycles. The van der Waals surface area contributed by atoms with E-state index in [-0.39, 0.29) is 5.41 Å². The Morgan fingerprint density at radius 3 is 1.84 bits per heavy atom. The van der Waals surface area contributed by atoms with Gasteiger partial charge in [-0.25, -0.2) is 0 Å². The van der Waals surface area contributed by atoms with E-state index in [1.165, 1.54) is 49.7 Å². The Balaban J connectivity index is 1.10. The highest BCUT2D eigenvalue weighted by atomic mass is 16.5. The van der Waals surface area contributed by atoms with Crippen LogP contribution in [0.3, 0.4) is 0 Å². The Morgan fingerprint density at radius 1 is 0.368 bits per heavy atom. The highest BCUT2D eigenvalue weighted by molar-refractivity contribution is 6.00. The fourth-order valence-corrected chi connectivity index (χ4v) is 9.19. The average molecular weight is 730 g/mol. The number of fused-ring (bicyclic) bond motifs is 9. The topological polar surface area (TPSA) is 12.5 Å². The molecule has 1 heterocycles. The van der Waals surface area contributed by atoms with Crippen LogP contribution in [0.5, 0.6) is 11.5 Å². The van der Waals surface area contributed by atoms with Crippen molar-refractivity contribution in [2.24, 2.45) is 0 Å². The van der Waals surface area contributed by atoms with Gasteiger partial charge >= 0.3 is 0 Å². The lowest BCUT2D eigenvalue weighted by molar-refractivity contribution is 0.488. The average Bonchev–Trinajstić information content (AvgIpc) is 3.39. The molecular formula is C55H39NO. The molecular weight excluding hydrogens is 691 g/mol. The summed E-state index contributed by atoms with van der Waals surface area (Å²) in [5, 5.41) is 2.47. The first kappa shape index (κ1) is 33.2. The molecule has 1 aliphatic carbocycles. The maximum absolute atomic E-state index is 7.01. The van der Waals surface area contributed by atoms with Gasteiger partial charge in [-0.05, 0) is 121 Å². The lowest BCUT2D eigenvalue weighted by Crippen LogP contribution is -2.17. The molecule has 0 amide bonds. The Hall–Kier alpha value is -7.16. The van der Waals surface area contributed by atoms with E-state index in [9.17, 15) is 0 Å². The summed E-state index contributed by atoms with van der Waals surface area (Å²) in [7, 11) is 0. The smallest absolute Gasteiger partial charge is 0.137 e. The second kappa shape index (κ2) is 13.0. The van der Waals surface area contributed by atoms with Gasteiger partial charge in [-0.3, -0.25) is 0 Å². The van der Waals surface area contributed by atoms with Crippen LogP contribution < -0.4 is 9.64 Å². The number of benzene rings is 9. The van der Waals surface area contributed by atoms with E-state index in [1.807, 2.05) is 0 Å². The second-order valence-electron chi connectivity index (χ2n) is 15.7. The minimum Gasteiger partial charge on any atom is -0.456 e. The number of anilines is 3. The van der Waals surface area contributed by atoms with E-state index < -0.39 is 0 Å². The van der Waals surface area contributed by atoms with Crippen LogP contribution in [-0.2, 0) is 5.41 Å². The SMILES string of the molecule is CC1(C)c2ccccc2-c2ccc(N(c3ccc(-c4ccccc4)cc3)c3cccc4c3-c3ccccc3-c3cc(-c5ccc6ccccc6c5)ccc3O4)cc21. The lowest BCUT2D eigenvalue weighted by Gasteiger charge is -2.30. The lowest BCUT2D eigenvalue weighted by atomic mass is 9.82. The molecule has 0 atom stereocenters. The molecule has 0 saturated heterocycles. The number of rotatable bonds is 5. The van der Waals surface area contributed by atoms with Crippen molar-refractivity contribution in [3.63, 3.8) is 0 Å². The quantitative estimate of drug-likeness (QED) is 0.175. The molecule has 0 aromatic heterocycles. The molecule has 0 unspecified atom stereocenters. The standard InChI is InChI=1S/C55H39NO/c1-55(2)49-20-11-10-18-45(49)46-31-30-43(35-50(46)55)56(42-28-25-38(26-29-42)36-13-4-3-5-14-36)51-21-12-22-53-54(51)47-19-9-8-17-44(47)48-34-41(27-32-52(48)57-53)40-24-23-37-15-6-7-16-39(37)33-40/h3-35H,1-2H3. The fraction of sp³-hybridized carbons (Fsp3) is 0.0545. The Labute approximate surface area is 333 Å². The normalized spacial score (nSPS) is 13.0. The second-order valence-corrected chi connectivity index (χ2v) is 15.7. The van der Waals surface area contributed by atoms with Crippen LogP contribution in [0.1, 0.15) is 25.0 Å². The number of nitrogens with zero attached hydrogens (tertiary/aromatic N) is 1. The number of hydrogen-bond donors (Lipinski definition) is 0. The molecule has 0 saturated carbocycles. The molecule has 0 N–H and O–H groups in total. The van der Waals surface area contributed by atoms with E-state index in [1.54, 1.807) is 0 Å². The highest BCUT2D eigenvalue weighted by Crippen LogP contribution is 2.55. The van der Waals surface area contributed by atoms with Crippen molar-refractivity contribution >= 4 is 27.8 Å². The van der Waals surface area contributed by atoms with E-state index in [2.05, 4.69) is 219 Å². The van der Waals surface area contributed by atoms with Gasteiger partial charge in [-0.15, -0.1) is 0 Å². The van der Waals surface area contributed by atoms with Crippen molar-refractivity contribution in [1.82, 2.24) is 0 Å². The Bertz CT molecular complexity index is 3010. The molecule has 0 bridgehead atoms. The molecule has 270 valence electrons. The summed E-state index contributed by atoms with van der Waals surface area (Å²) in [5.41, 5.74) is 17.6. The van der Waals surface area contributed by atoms with Crippen molar-refractivity contribution < 1.29 is 4.74 Å². The molecule has 0 spiro atoms. The zero-order chi connectivity index (χ0) is 38.1. The van der Waals surface area contributed by atoms with E-state index in [4.69, 9.17) is 4.74 Å². The maximum Gasteiger partial charge on any atom is 0.137 e. The maximum atomic E-state index is 7.01. The summed E-state index contributed by atoms with van der Waals surface area (Å²) in [6, 6.07) is 72.6. The minimum absolute atomic E-state index is 0.140. The summed E-state index contributed by atoms with van der Waals surface area (Å²) in [6.45, 7) is 4.70. The zero-order valence-electron chi connectivity index (χ0n) is 31.9. The van der Waals surface area contributed by atoms with Gasteiger partial charge in [0.2, 0.25) is 0 Å². The number of hydrogen-bond acceptors (Lipinski definition) is 2. The molecule has 2 heteroatoms. The van der Waals surface area contributed by atoms with Crippen LogP contribution in [0.15, 0.2) is 200 Å². The van der Waals surface area contributed by atoms with Crippen molar-refractivity contribution in [1.29, 1.82) is 0 Å². The van der Waals surface area contributed by atoms with E-state index in [0.717, 1.165) is 56.4 Å². The molecule has 11 rings (SSSR count). The van der Waals surface area contributed by atoms with Crippen LogP contribution in [0.2, 0.25) is 0 Å². The third-order valence-corrected chi connectivity index (χ3v) is 12.1. The predicted molar refractivity (Wildman–Crippen MR) is 238 cm³/mol. The Kier molecular flexibility index (Phi) is 7.55. The van der Waals surface area contributed by atoms with Crippen LogP contribution in [0, 0.1) is 0 Å². The predicted octanol–water partition coefficient (Wildman–Crippen LogP) is 15.4. The van der Waals surface area contributed by atoms with Gasteiger partial charge in [0.1, 0.15) is 11.5 Å². The van der Waals surface area contributed by atoms with Gasteiger partial charge in [0, 0.05) is 27.9 Å². The van der Waals surface area contributed by atoms with Crippen LogP contribution in [0.4, 0.5) is 17.1 Å². The molecule has 2 nitrogen and oxygen atoms in total. The molecule has 57 heavy (non-hydrogen) atoms. The molecule has 2 aliphatic rings. The van der Waals surface area contributed by atoms with Gasteiger partial charge in [0.05, 0.1) is 5.69 Å². The van der Waals surface area contributed by atoms with Gasteiger partial charge in [0.25, 0.3) is 0 Å². The van der Waals surface area contributed by atoms with E-state index in [0.29, 0.717) is 0 Å². The minimum atomic E-state index is -0.140. The summed E-state index contributed by atoms with van der Waals surface area (Å²) < 4.78 is 7.01. The monoisotopic (exact) mass is 729 g/mol. The first-order valence-corrected chi connectivity index (χ1v) is 19.8. The summed E-state index contributed by atoms with van der Waals surface area (Å²) in [5.74, 6) is 1.68. The van der Waals surface area contributed by atoms with Crippen molar-refractivity contribution in [2.75, 3.05) is 4.90 Å². The fourth-order valence-electron chi connectivity index (χ4n) is 9.19. The van der Waals surface area contributed by atoms with Gasteiger partial charge in [0.15, 0.2) is 0 Å². The van der Waals surface area contributed by atoms with Crippen LogP contribution in [0.25, 0.3) is 66.4 Å². The van der Waals surface area contributed by atoms with Crippen molar-refractivity contribution in [3.05, 3.63) is 211 Å². The van der Waals surface area contributed by atoms with Crippen LogP contribution in [-0.4, -0.2) is 0 Å². The number of ether oxygens (including phenoxy) is 1. The Morgan fingerprint density at radius 2 is 1.00 bits per heavy atom. The molecule has 9 aromatic rings. The summed E-state index contributed by atoms with van der Waals surface area (Å²) in [6.07, 6.45) is 0. The van der Waals surface area contributed by atoms with Crippen LogP contribution >= 0.6 is 0 Å².